The molecule has 0 aliphatic rings. The lowest BCUT2D eigenvalue weighted by Gasteiger charge is -2.27. The van der Waals surface area contributed by atoms with E-state index >= 15 is 0 Å². The smallest absolute Gasteiger partial charge is 0.221 e. The lowest BCUT2D eigenvalue weighted by Crippen LogP contribution is -2.42. The van der Waals surface area contributed by atoms with Crippen LogP contribution in [0.2, 0.25) is 0 Å². The first-order valence-corrected chi connectivity index (χ1v) is 9.75. The fourth-order valence-electron chi connectivity index (χ4n) is 3.45. The number of Topliss-reactive ketones (excluding diaryl/α,β-unsaturated/α-hetero) is 1. The van der Waals surface area contributed by atoms with Crippen molar-refractivity contribution in [3.63, 3.8) is 0 Å². The third-order valence-corrected chi connectivity index (χ3v) is 5.07. The van der Waals surface area contributed by atoms with Crippen LogP contribution in [0.4, 0.5) is 0 Å². The second-order valence-electron chi connectivity index (χ2n) is 7.73. The molecule has 3 rings (SSSR count). The molecule has 3 aromatic rings. The summed E-state index contributed by atoms with van der Waals surface area (Å²) in [5, 5.41) is 3.12. The highest BCUT2D eigenvalue weighted by atomic mass is 16.1. The Morgan fingerprint density at radius 2 is 1.52 bits per heavy atom. The molecule has 0 saturated carbocycles. The second-order valence-corrected chi connectivity index (χ2v) is 7.73. The number of rotatable bonds is 7. The number of amides is 1. The molecular weight excluding hydrogens is 360 g/mol. The Morgan fingerprint density at radius 3 is 2.10 bits per heavy atom. The van der Waals surface area contributed by atoms with E-state index in [4.69, 9.17) is 0 Å². The largest absolute Gasteiger partial charge is 0.346 e. The molecule has 0 fully saturated rings. The van der Waals surface area contributed by atoms with Gasteiger partial charge in [-0.05, 0) is 44.0 Å². The summed E-state index contributed by atoms with van der Waals surface area (Å²) >= 11 is 0. The number of pyridine rings is 1. The number of carbonyl (C=O) groups excluding carboxylic acids is 2. The molecule has 1 amide bonds. The highest BCUT2D eigenvalue weighted by Crippen LogP contribution is 2.29. The molecule has 1 aromatic heterocycles. The average Bonchev–Trinajstić information content (AvgIpc) is 2.73. The van der Waals surface area contributed by atoms with Gasteiger partial charge in [0.15, 0.2) is 5.78 Å². The van der Waals surface area contributed by atoms with Crippen molar-refractivity contribution in [2.75, 3.05) is 0 Å². The molecule has 0 saturated heterocycles. The van der Waals surface area contributed by atoms with Gasteiger partial charge in [-0.25, -0.2) is 0 Å². The molecule has 2 aromatic carbocycles. The first kappa shape index (κ1) is 20.5. The van der Waals surface area contributed by atoms with E-state index in [0.29, 0.717) is 12.0 Å². The van der Waals surface area contributed by atoms with Crippen molar-refractivity contribution in [3.8, 4) is 0 Å². The van der Waals surface area contributed by atoms with Gasteiger partial charge in [-0.3, -0.25) is 14.6 Å². The van der Waals surface area contributed by atoms with Crippen LogP contribution < -0.4 is 5.32 Å². The summed E-state index contributed by atoms with van der Waals surface area (Å²) in [4.78, 5) is 28.9. The summed E-state index contributed by atoms with van der Waals surface area (Å²) < 4.78 is 0. The maximum atomic E-state index is 13.0. The van der Waals surface area contributed by atoms with Crippen LogP contribution in [0.5, 0.6) is 0 Å². The Balaban J connectivity index is 1.83. The SMILES string of the molecule is CC(=O)c1ccc([C@@H](CC(=O)NC(C)(C)c2ccccn2)c2ccccc2)cc1. The molecule has 1 N–H and O–H groups in total. The van der Waals surface area contributed by atoms with Crippen LogP contribution in [-0.4, -0.2) is 16.7 Å². The Labute approximate surface area is 172 Å². The molecule has 0 aliphatic carbocycles. The van der Waals surface area contributed by atoms with Gasteiger partial charge in [-0.15, -0.1) is 0 Å². The van der Waals surface area contributed by atoms with Crippen LogP contribution in [0.1, 0.15) is 60.3 Å². The number of aromatic nitrogens is 1. The molecule has 29 heavy (non-hydrogen) atoms. The van der Waals surface area contributed by atoms with Crippen molar-refractivity contribution in [2.45, 2.75) is 38.6 Å². The second kappa shape index (κ2) is 8.82. The van der Waals surface area contributed by atoms with Crippen LogP contribution in [0.3, 0.4) is 0 Å². The molecule has 4 nitrogen and oxygen atoms in total. The molecular formula is C25H26N2O2. The Hall–Kier alpha value is -3.27. The first-order chi connectivity index (χ1) is 13.9. The van der Waals surface area contributed by atoms with E-state index in [0.717, 1.165) is 16.8 Å². The average molecular weight is 386 g/mol. The summed E-state index contributed by atoms with van der Waals surface area (Å²) in [6.45, 7) is 5.45. The van der Waals surface area contributed by atoms with Gasteiger partial charge in [-0.1, -0.05) is 60.7 Å². The minimum absolute atomic E-state index is 0.0302. The summed E-state index contributed by atoms with van der Waals surface area (Å²) in [6.07, 6.45) is 2.03. The van der Waals surface area contributed by atoms with E-state index in [1.807, 2.05) is 86.6 Å². The van der Waals surface area contributed by atoms with Gasteiger partial charge < -0.3 is 5.32 Å². The highest BCUT2D eigenvalue weighted by Gasteiger charge is 2.26. The van der Waals surface area contributed by atoms with Crippen molar-refractivity contribution in [1.29, 1.82) is 0 Å². The van der Waals surface area contributed by atoms with Crippen LogP contribution in [0, 0.1) is 0 Å². The summed E-state index contributed by atoms with van der Waals surface area (Å²) in [7, 11) is 0. The van der Waals surface area contributed by atoms with E-state index in [1.165, 1.54) is 0 Å². The number of benzene rings is 2. The van der Waals surface area contributed by atoms with E-state index in [2.05, 4.69) is 10.3 Å². The van der Waals surface area contributed by atoms with Crippen LogP contribution in [0.15, 0.2) is 79.0 Å². The van der Waals surface area contributed by atoms with Crippen molar-refractivity contribution < 1.29 is 9.59 Å². The minimum atomic E-state index is -0.571. The fourth-order valence-corrected chi connectivity index (χ4v) is 3.45. The van der Waals surface area contributed by atoms with E-state index < -0.39 is 5.54 Å². The van der Waals surface area contributed by atoms with Crippen LogP contribution in [0.25, 0.3) is 0 Å². The Bertz CT molecular complexity index is 965. The maximum absolute atomic E-state index is 13.0. The van der Waals surface area contributed by atoms with Gasteiger partial charge in [0.1, 0.15) is 0 Å². The minimum Gasteiger partial charge on any atom is -0.346 e. The molecule has 148 valence electrons. The van der Waals surface area contributed by atoms with Gasteiger partial charge in [-0.2, -0.15) is 0 Å². The van der Waals surface area contributed by atoms with Gasteiger partial charge in [0.25, 0.3) is 0 Å². The van der Waals surface area contributed by atoms with Crippen LogP contribution >= 0.6 is 0 Å². The van der Waals surface area contributed by atoms with E-state index in [9.17, 15) is 9.59 Å². The molecule has 1 atom stereocenters. The molecule has 0 unspecified atom stereocenters. The van der Waals surface area contributed by atoms with Crippen molar-refractivity contribution in [1.82, 2.24) is 10.3 Å². The normalized spacial score (nSPS) is 12.2. The van der Waals surface area contributed by atoms with Crippen molar-refractivity contribution >= 4 is 11.7 Å². The standard InChI is InChI=1S/C25H26N2O2/c1-18(28)19-12-14-21(15-13-19)22(20-9-5-4-6-10-20)17-24(29)27-25(2,3)23-11-7-8-16-26-23/h4-16,22H,17H2,1-3H3,(H,27,29)/t22-/m0/s1. The molecule has 0 spiro atoms. The van der Waals surface area contributed by atoms with Crippen molar-refractivity contribution in [2.24, 2.45) is 0 Å². The zero-order valence-corrected chi connectivity index (χ0v) is 17.1. The Kier molecular flexibility index (Phi) is 6.23. The lowest BCUT2D eigenvalue weighted by atomic mass is 9.87. The van der Waals surface area contributed by atoms with E-state index in [-0.39, 0.29) is 17.6 Å². The number of nitrogens with zero attached hydrogens (tertiary/aromatic N) is 1. The number of ketones is 1. The molecule has 0 radical (unpaired) electrons. The molecule has 4 heteroatoms. The van der Waals surface area contributed by atoms with E-state index in [1.54, 1.807) is 13.1 Å². The van der Waals surface area contributed by atoms with Crippen molar-refractivity contribution in [3.05, 3.63) is 101 Å². The van der Waals surface area contributed by atoms with Gasteiger partial charge in [0.05, 0.1) is 11.2 Å². The van der Waals surface area contributed by atoms with Crippen LogP contribution in [-0.2, 0) is 10.3 Å². The summed E-state index contributed by atoms with van der Waals surface area (Å²) in [6, 6.07) is 23.2. The predicted octanol–water partition coefficient (Wildman–Crippen LogP) is 4.86. The zero-order chi connectivity index (χ0) is 20.9. The molecule has 0 bridgehead atoms. The van der Waals surface area contributed by atoms with Gasteiger partial charge >= 0.3 is 0 Å². The topological polar surface area (TPSA) is 59.1 Å². The molecule has 1 heterocycles. The Morgan fingerprint density at radius 1 is 0.897 bits per heavy atom. The number of hydrogen-bond donors (Lipinski definition) is 1. The summed E-state index contributed by atoms with van der Waals surface area (Å²) in [5.74, 6) is -0.121. The number of hydrogen-bond acceptors (Lipinski definition) is 3. The summed E-state index contributed by atoms with van der Waals surface area (Å²) in [5.41, 5.74) is 2.98. The third-order valence-electron chi connectivity index (χ3n) is 5.07. The first-order valence-electron chi connectivity index (χ1n) is 9.75. The highest BCUT2D eigenvalue weighted by molar-refractivity contribution is 5.94. The third kappa shape index (κ3) is 5.17. The van der Waals surface area contributed by atoms with Gasteiger partial charge in [0, 0.05) is 24.1 Å². The zero-order valence-electron chi connectivity index (χ0n) is 17.1. The number of nitrogens with one attached hydrogen (secondary N) is 1. The maximum Gasteiger partial charge on any atom is 0.221 e. The lowest BCUT2D eigenvalue weighted by molar-refractivity contribution is -0.123. The predicted molar refractivity (Wildman–Crippen MR) is 115 cm³/mol. The molecule has 0 aliphatic heterocycles. The number of carbonyl (C=O) groups is 2. The monoisotopic (exact) mass is 386 g/mol. The fraction of sp³-hybridized carbons (Fsp3) is 0.240. The van der Waals surface area contributed by atoms with Gasteiger partial charge in [0.2, 0.25) is 5.91 Å². The quantitative estimate of drug-likeness (QED) is 0.590.